The van der Waals surface area contributed by atoms with Gasteiger partial charge in [-0.2, -0.15) is 5.10 Å². The highest BCUT2D eigenvalue weighted by Gasteiger charge is 2.16. The molecule has 144 valence electrons. The van der Waals surface area contributed by atoms with Gasteiger partial charge >= 0.3 is 0 Å². The molecule has 0 spiro atoms. The monoisotopic (exact) mass is 377 g/mol. The van der Waals surface area contributed by atoms with E-state index in [4.69, 9.17) is 19.5 Å². The standard InChI is InChI=1S/C22H23N3O3/c1-14-7-6-8-20(28-13-23)18(14)12-27-19-10-9-17(11-15(19)2)21-16(3)22(26-5)25(4)24-21/h6-11H,12H2,1-5H3. The molecule has 0 bridgehead atoms. The van der Waals surface area contributed by atoms with Crippen molar-refractivity contribution in [1.82, 2.24) is 9.78 Å². The number of aromatic nitrogens is 2. The Kier molecular flexibility index (Phi) is 5.55. The topological polar surface area (TPSA) is 69.3 Å². The molecule has 0 aliphatic rings. The third-order valence-corrected chi connectivity index (χ3v) is 4.76. The Morgan fingerprint density at radius 2 is 1.86 bits per heavy atom. The molecule has 6 nitrogen and oxygen atoms in total. The van der Waals surface area contributed by atoms with Gasteiger partial charge in [0, 0.05) is 23.7 Å². The van der Waals surface area contributed by atoms with Crippen molar-refractivity contribution in [2.45, 2.75) is 27.4 Å². The maximum Gasteiger partial charge on any atom is 0.292 e. The fourth-order valence-electron chi connectivity index (χ4n) is 3.29. The van der Waals surface area contributed by atoms with Crippen molar-refractivity contribution in [2.75, 3.05) is 7.11 Å². The quantitative estimate of drug-likeness (QED) is 0.593. The van der Waals surface area contributed by atoms with E-state index in [1.807, 2.05) is 52.1 Å². The smallest absolute Gasteiger partial charge is 0.292 e. The minimum absolute atomic E-state index is 0.320. The minimum Gasteiger partial charge on any atom is -0.488 e. The zero-order valence-corrected chi connectivity index (χ0v) is 16.7. The van der Waals surface area contributed by atoms with Crippen LogP contribution in [0.1, 0.15) is 22.3 Å². The number of hydrogen-bond acceptors (Lipinski definition) is 5. The number of methoxy groups -OCH3 is 1. The Balaban J connectivity index is 1.84. The molecule has 0 radical (unpaired) electrons. The van der Waals surface area contributed by atoms with Crippen LogP contribution in [0.25, 0.3) is 11.3 Å². The first-order valence-corrected chi connectivity index (χ1v) is 8.92. The molecule has 0 saturated carbocycles. The number of benzene rings is 2. The van der Waals surface area contributed by atoms with Gasteiger partial charge in [-0.25, -0.2) is 4.68 Å². The van der Waals surface area contributed by atoms with Gasteiger partial charge in [-0.05, 0) is 56.2 Å². The molecule has 0 unspecified atom stereocenters. The van der Waals surface area contributed by atoms with Crippen LogP contribution in [-0.4, -0.2) is 16.9 Å². The van der Waals surface area contributed by atoms with E-state index in [9.17, 15) is 0 Å². The van der Waals surface area contributed by atoms with Crippen LogP contribution in [0.2, 0.25) is 0 Å². The predicted octanol–water partition coefficient (Wildman–Crippen LogP) is 4.46. The summed E-state index contributed by atoms with van der Waals surface area (Å²) >= 11 is 0. The highest BCUT2D eigenvalue weighted by Crippen LogP contribution is 2.32. The van der Waals surface area contributed by atoms with Crippen molar-refractivity contribution in [3.63, 3.8) is 0 Å². The van der Waals surface area contributed by atoms with Gasteiger partial charge in [-0.3, -0.25) is 0 Å². The molecule has 0 amide bonds. The van der Waals surface area contributed by atoms with Crippen LogP contribution in [0.3, 0.4) is 0 Å². The predicted molar refractivity (Wildman–Crippen MR) is 106 cm³/mol. The van der Waals surface area contributed by atoms with Gasteiger partial charge in [0.1, 0.15) is 18.1 Å². The van der Waals surface area contributed by atoms with Crippen molar-refractivity contribution in [3.8, 4) is 34.9 Å². The third kappa shape index (κ3) is 3.65. The summed E-state index contributed by atoms with van der Waals surface area (Å²) in [5.74, 6) is 2.04. The molecular formula is C22H23N3O3. The second-order valence-corrected chi connectivity index (χ2v) is 6.62. The van der Waals surface area contributed by atoms with Crippen molar-refractivity contribution < 1.29 is 14.2 Å². The normalized spacial score (nSPS) is 10.4. The molecule has 0 N–H and O–H groups in total. The Hall–Kier alpha value is -3.46. The van der Waals surface area contributed by atoms with E-state index in [1.54, 1.807) is 24.1 Å². The Labute approximate surface area is 164 Å². The molecule has 0 atom stereocenters. The van der Waals surface area contributed by atoms with E-state index >= 15 is 0 Å². The van der Waals surface area contributed by atoms with Crippen LogP contribution in [0.15, 0.2) is 36.4 Å². The lowest BCUT2D eigenvalue weighted by Crippen LogP contribution is -2.02. The summed E-state index contributed by atoms with van der Waals surface area (Å²) in [6.45, 7) is 6.28. The zero-order chi connectivity index (χ0) is 20.3. The molecule has 28 heavy (non-hydrogen) atoms. The van der Waals surface area contributed by atoms with Gasteiger partial charge in [-0.1, -0.05) is 12.1 Å². The number of nitrogens with zero attached hydrogens (tertiary/aromatic N) is 3. The first kappa shape index (κ1) is 19.3. The van der Waals surface area contributed by atoms with Crippen LogP contribution in [0.4, 0.5) is 0 Å². The fraction of sp³-hybridized carbons (Fsp3) is 0.273. The van der Waals surface area contributed by atoms with Crippen LogP contribution in [-0.2, 0) is 13.7 Å². The lowest BCUT2D eigenvalue weighted by atomic mass is 10.1. The lowest BCUT2D eigenvalue weighted by Gasteiger charge is -2.13. The highest BCUT2D eigenvalue weighted by atomic mass is 16.5. The van der Waals surface area contributed by atoms with E-state index in [0.29, 0.717) is 12.4 Å². The highest BCUT2D eigenvalue weighted by molar-refractivity contribution is 5.67. The summed E-state index contributed by atoms with van der Waals surface area (Å²) in [5.41, 5.74) is 5.76. The maximum atomic E-state index is 8.84. The van der Waals surface area contributed by atoms with E-state index in [0.717, 1.165) is 45.1 Å². The summed E-state index contributed by atoms with van der Waals surface area (Å²) in [6, 6.07) is 11.6. The Morgan fingerprint density at radius 3 is 2.50 bits per heavy atom. The van der Waals surface area contributed by atoms with Crippen LogP contribution < -0.4 is 14.2 Å². The number of nitriles is 1. The molecule has 3 aromatic rings. The van der Waals surface area contributed by atoms with Gasteiger partial charge in [0.25, 0.3) is 6.26 Å². The van der Waals surface area contributed by atoms with Crippen molar-refractivity contribution in [1.29, 1.82) is 5.26 Å². The maximum absolute atomic E-state index is 8.84. The number of rotatable bonds is 6. The largest absolute Gasteiger partial charge is 0.488 e. The van der Waals surface area contributed by atoms with Gasteiger partial charge in [-0.15, -0.1) is 5.26 Å². The molecule has 0 fully saturated rings. The number of aryl methyl sites for hydroxylation is 3. The summed E-state index contributed by atoms with van der Waals surface area (Å²) < 4.78 is 18.2. The average molecular weight is 377 g/mol. The molecule has 2 aromatic carbocycles. The molecule has 6 heteroatoms. The van der Waals surface area contributed by atoms with E-state index in [2.05, 4.69) is 11.2 Å². The molecule has 1 aromatic heterocycles. The average Bonchev–Trinajstić information content (AvgIpc) is 2.96. The first-order chi connectivity index (χ1) is 13.5. The summed E-state index contributed by atoms with van der Waals surface area (Å²) in [4.78, 5) is 0. The molecule has 0 aliphatic heterocycles. The molecule has 1 heterocycles. The number of ether oxygens (including phenoxy) is 3. The second-order valence-electron chi connectivity index (χ2n) is 6.62. The molecule has 0 saturated heterocycles. The van der Waals surface area contributed by atoms with Gasteiger partial charge in [0.2, 0.25) is 5.88 Å². The zero-order valence-electron chi connectivity index (χ0n) is 16.7. The minimum atomic E-state index is 0.320. The van der Waals surface area contributed by atoms with E-state index < -0.39 is 0 Å². The molecule has 3 rings (SSSR count). The van der Waals surface area contributed by atoms with Crippen molar-refractivity contribution >= 4 is 0 Å². The Bertz CT molecular complexity index is 1050. The van der Waals surface area contributed by atoms with Crippen LogP contribution in [0.5, 0.6) is 17.4 Å². The summed E-state index contributed by atoms with van der Waals surface area (Å²) in [5, 5.41) is 13.4. The molecule has 0 aliphatic carbocycles. The SMILES string of the molecule is COc1c(C)c(-c2ccc(OCc3c(C)cccc3OC#N)c(C)c2)nn1C. The van der Waals surface area contributed by atoms with Crippen LogP contribution >= 0.6 is 0 Å². The lowest BCUT2D eigenvalue weighted by molar-refractivity contribution is 0.298. The van der Waals surface area contributed by atoms with Crippen molar-refractivity contribution in [2.24, 2.45) is 7.05 Å². The van der Waals surface area contributed by atoms with Crippen molar-refractivity contribution in [3.05, 3.63) is 58.7 Å². The number of hydrogen-bond donors (Lipinski definition) is 0. The second kappa shape index (κ2) is 8.05. The fourth-order valence-corrected chi connectivity index (χ4v) is 3.29. The summed E-state index contributed by atoms with van der Waals surface area (Å²) in [7, 11) is 3.51. The third-order valence-electron chi connectivity index (χ3n) is 4.76. The van der Waals surface area contributed by atoms with Crippen LogP contribution in [0, 0.1) is 32.3 Å². The Morgan fingerprint density at radius 1 is 1.07 bits per heavy atom. The van der Waals surface area contributed by atoms with Gasteiger partial charge in [0.15, 0.2) is 0 Å². The van der Waals surface area contributed by atoms with E-state index in [-0.39, 0.29) is 0 Å². The first-order valence-electron chi connectivity index (χ1n) is 8.92. The summed E-state index contributed by atoms with van der Waals surface area (Å²) in [6.07, 6.45) is 1.73. The van der Waals surface area contributed by atoms with E-state index in [1.165, 1.54) is 0 Å². The molecular weight excluding hydrogens is 354 g/mol. The van der Waals surface area contributed by atoms with Gasteiger partial charge in [0.05, 0.1) is 12.8 Å². The van der Waals surface area contributed by atoms with Gasteiger partial charge < -0.3 is 14.2 Å².